The Morgan fingerprint density at radius 1 is 1.37 bits per heavy atom. The van der Waals surface area contributed by atoms with Gasteiger partial charge in [-0.3, -0.25) is 4.79 Å². The number of aryl methyl sites for hydroxylation is 1. The lowest BCUT2D eigenvalue weighted by Gasteiger charge is -2.27. The van der Waals surface area contributed by atoms with E-state index in [1.807, 2.05) is 0 Å². The Kier molecular flexibility index (Phi) is 3.05. The van der Waals surface area contributed by atoms with E-state index in [0.29, 0.717) is 17.5 Å². The van der Waals surface area contributed by atoms with Crippen molar-refractivity contribution in [3.05, 3.63) is 29.6 Å². The zero-order valence-electron chi connectivity index (χ0n) is 11.0. The molecular formula is C15H19FN2O. The highest BCUT2D eigenvalue weighted by Gasteiger charge is 2.49. The van der Waals surface area contributed by atoms with Gasteiger partial charge in [0.15, 0.2) is 0 Å². The standard InChI is InChI=1S/C15H19FN2O/c1-8-6-11(16)4-5-12(8)18-15(19)13-9-2-3-10(7-9)14(13)17/h4-6,9-10,13-14H,2-3,7,17H2,1H3,(H,18,19). The minimum absolute atomic E-state index is 0.00518. The van der Waals surface area contributed by atoms with Crippen molar-refractivity contribution in [2.75, 3.05) is 5.32 Å². The van der Waals surface area contributed by atoms with Gasteiger partial charge in [-0.25, -0.2) is 4.39 Å². The molecule has 1 aromatic rings. The molecule has 0 heterocycles. The van der Waals surface area contributed by atoms with Crippen LogP contribution in [-0.2, 0) is 4.79 Å². The molecule has 0 aliphatic heterocycles. The number of benzene rings is 1. The highest BCUT2D eigenvalue weighted by atomic mass is 19.1. The molecule has 2 bridgehead atoms. The Bertz CT molecular complexity index is 515. The van der Waals surface area contributed by atoms with Crippen LogP contribution in [-0.4, -0.2) is 11.9 Å². The van der Waals surface area contributed by atoms with Crippen LogP contribution in [0.1, 0.15) is 24.8 Å². The summed E-state index contributed by atoms with van der Waals surface area (Å²) in [6, 6.07) is 4.39. The zero-order valence-corrected chi connectivity index (χ0v) is 11.0. The molecule has 0 saturated heterocycles. The number of hydrogen-bond acceptors (Lipinski definition) is 2. The number of carbonyl (C=O) groups excluding carboxylic acids is 1. The molecule has 2 aliphatic carbocycles. The number of nitrogens with two attached hydrogens (primary N) is 1. The highest BCUT2D eigenvalue weighted by molar-refractivity contribution is 5.94. The van der Waals surface area contributed by atoms with Crippen LogP contribution in [0, 0.1) is 30.5 Å². The molecule has 3 N–H and O–H groups in total. The van der Waals surface area contributed by atoms with Crippen molar-refractivity contribution in [3.63, 3.8) is 0 Å². The molecule has 3 rings (SSSR count). The number of fused-ring (bicyclic) bond motifs is 2. The minimum atomic E-state index is -0.285. The quantitative estimate of drug-likeness (QED) is 0.860. The summed E-state index contributed by atoms with van der Waals surface area (Å²) in [6.07, 6.45) is 3.35. The van der Waals surface area contributed by atoms with Gasteiger partial charge in [-0.15, -0.1) is 0 Å². The van der Waals surface area contributed by atoms with Gasteiger partial charge in [0.05, 0.1) is 5.92 Å². The second-order valence-corrected chi connectivity index (χ2v) is 5.88. The van der Waals surface area contributed by atoms with E-state index >= 15 is 0 Å². The van der Waals surface area contributed by atoms with E-state index in [9.17, 15) is 9.18 Å². The summed E-state index contributed by atoms with van der Waals surface area (Å²) in [5, 5.41) is 2.91. The molecule has 0 radical (unpaired) electrons. The lowest BCUT2D eigenvalue weighted by atomic mass is 9.84. The van der Waals surface area contributed by atoms with Gasteiger partial charge in [0, 0.05) is 11.7 Å². The summed E-state index contributed by atoms with van der Waals surface area (Å²) in [5.41, 5.74) is 7.58. The molecule has 1 amide bonds. The van der Waals surface area contributed by atoms with Gasteiger partial charge in [0.1, 0.15) is 5.82 Å². The van der Waals surface area contributed by atoms with Crippen LogP contribution in [0.3, 0.4) is 0 Å². The largest absolute Gasteiger partial charge is 0.327 e. The topological polar surface area (TPSA) is 55.1 Å². The van der Waals surface area contributed by atoms with E-state index in [-0.39, 0.29) is 23.7 Å². The average Bonchev–Trinajstić information content (AvgIpc) is 2.93. The SMILES string of the molecule is Cc1cc(F)ccc1NC(=O)C1C2CCC(C2)C1N. The summed E-state index contributed by atoms with van der Waals surface area (Å²) in [5.74, 6) is 0.570. The van der Waals surface area contributed by atoms with Gasteiger partial charge < -0.3 is 11.1 Å². The molecule has 0 spiro atoms. The smallest absolute Gasteiger partial charge is 0.229 e. The molecule has 2 fully saturated rings. The van der Waals surface area contributed by atoms with Crippen molar-refractivity contribution in [3.8, 4) is 0 Å². The van der Waals surface area contributed by atoms with E-state index in [2.05, 4.69) is 5.32 Å². The number of rotatable bonds is 2. The second-order valence-electron chi connectivity index (χ2n) is 5.88. The summed E-state index contributed by atoms with van der Waals surface area (Å²) in [6.45, 7) is 1.79. The molecule has 19 heavy (non-hydrogen) atoms. The molecule has 4 heteroatoms. The van der Waals surface area contributed by atoms with Crippen molar-refractivity contribution >= 4 is 11.6 Å². The highest BCUT2D eigenvalue weighted by Crippen LogP contribution is 2.47. The third kappa shape index (κ3) is 2.14. The molecule has 1 aromatic carbocycles. The molecule has 2 saturated carbocycles. The Morgan fingerprint density at radius 2 is 2.11 bits per heavy atom. The predicted molar refractivity (Wildman–Crippen MR) is 72.1 cm³/mol. The lowest BCUT2D eigenvalue weighted by Crippen LogP contribution is -2.42. The molecule has 2 aliphatic rings. The Balaban J connectivity index is 1.75. The first kappa shape index (κ1) is 12.6. The first-order valence-electron chi connectivity index (χ1n) is 6.89. The Hall–Kier alpha value is -1.42. The van der Waals surface area contributed by atoms with Crippen LogP contribution in [0.2, 0.25) is 0 Å². The maximum atomic E-state index is 13.0. The van der Waals surface area contributed by atoms with Crippen LogP contribution in [0.5, 0.6) is 0 Å². The average molecular weight is 262 g/mol. The summed E-state index contributed by atoms with van der Waals surface area (Å²) < 4.78 is 13.0. The fourth-order valence-corrected chi connectivity index (χ4v) is 3.71. The number of anilines is 1. The van der Waals surface area contributed by atoms with Gasteiger partial charge in [-0.1, -0.05) is 0 Å². The van der Waals surface area contributed by atoms with E-state index in [1.54, 1.807) is 13.0 Å². The molecule has 0 aromatic heterocycles. The van der Waals surface area contributed by atoms with Gasteiger partial charge >= 0.3 is 0 Å². The summed E-state index contributed by atoms with van der Waals surface area (Å²) >= 11 is 0. The molecule has 4 atom stereocenters. The van der Waals surface area contributed by atoms with Crippen LogP contribution in [0.25, 0.3) is 0 Å². The number of carbonyl (C=O) groups is 1. The monoisotopic (exact) mass is 262 g/mol. The minimum Gasteiger partial charge on any atom is -0.327 e. The summed E-state index contributed by atoms with van der Waals surface area (Å²) in [4.78, 5) is 12.4. The molecule has 3 nitrogen and oxygen atoms in total. The van der Waals surface area contributed by atoms with Gasteiger partial charge in [0.2, 0.25) is 5.91 Å². The van der Waals surface area contributed by atoms with E-state index in [4.69, 9.17) is 5.73 Å². The van der Waals surface area contributed by atoms with Crippen LogP contribution in [0.4, 0.5) is 10.1 Å². The zero-order chi connectivity index (χ0) is 13.6. The molecule has 102 valence electrons. The molecule has 4 unspecified atom stereocenters. The maximum Gasteiger partial charge on any atom is 0.229 e. The van der Waals surface area contributed by atoms with Crippen molar-refractivity contribution in [1.29, 1.82) is 0 Å². The van der Waals surface area contributed by atoms with Gasteiger partial charge in [0.25, 0.3) is 0 Å². The predicted octanol–water partition coefficient (Wildman–Crippen LogP) is 2.45. The van der Waals surface area contributed by atoms with E-state index in [0.717, 1.165) is 24.8 Å². The normalized spacial score (nSPS) is 32.6. The van der Waals surface area contributed by atoms with Crippen LogP contribution >= 0.6 is 0 Å². The first-order valence-corrected chi connectivity index (χ1v) is 6.89. The third-order valence-corrected chi connectivity index (χ3v) is 4.73. The van der Waals surface area contributed by atoms with Crippen LogP contribution < -0.4 is 11.1 Å². The van der Waals surface area contributed by atoms with Crippen molar-refractivity contribution in [2.45, 2.75) is 32.2 Å². The maximum absolute atomic E-state index is 13.0. The second kappa shape index (κ2) is 4.60. The van der Waals surface area contributed by atoms with Crippen molar-refractivity contribution in [1.82, 2.24) is 0 Å². The number of amides is 1. The first-order chi connectivity index (χ1) is 9.06. The fraction of sp³-hybridized carbons (Fsp3) is 0.533. The van der Waals surface area contributed by atoms with E-state index < -0.39 is 0 Å². The number of nitrogens with one attached hydrogen (secondary N) is 1. The Labute approximate surface area is 112 Å². The van der Waals surface area contributed by atoms with Crippen molar-refractivity contribution in [2.24, 2.45) is 23.5 Å². The summed E-state index contributed by atoms with van der Waals surface area (Å²) in [7, 11) is 0. The number of hydrogen-bond donors (Lipinski definition) is 2. The van der Waals surface area contributed by atoms with Gasteiger partial charge in [-0.2, -0.15) is 0 Å². The van der Waals surface area contributed by atoms with Crippen molar-refractivity contribution < 1.29 is 9.18 Å². The fourth-order valence-electron chi connectivity index (χ4n) is 3.71. The van der Waals surface area contributed by atoms with Crippen LogP contribution in [0.15, 0.2) is 18.2 Å². The lowest BCUT2D eigenvalue weighted by molar-refractivity contribution is -0.121. The van der Waals surface area contributed by atoms with Gasteiger partial charge in [-0.05, 0) is 61.8 Å². The number of halogens is 1. The molecular weight excluding hydrogens is 243 g/mol. The third-order valence-electron chi connectivity index (χ3n) is 4.73. The Morgan fingerprint density at radius 3 is 2.74 bits per heavy atom. The van der Waals surface area contributed by atoms with E-state index in [1.165, 1.54) is 12.1 Å².